The number of anilines is 1. The minimum Gasteiger partial charge on any atom is -0.368 e. The van der Waals surface area contributed by atoms with E-state index in [-0.39, 0.29) is 31.2 Å². The number of alkyl halides is 3. The standard InChI is InChI=1S/C37H24ClF4N9OS2/c38-30-25(2-1-3-26(30)39)32-28-24(9-11-43-33(28)47-46-32)27-19-54-36(45-27)51-34-29(23(8-12-44-34)21-10-17-53-18-21)31(48-51)20-4-6-22(7-5-20)49-13-15-50(16-14-49)35(52)37(40,41)42/h1-12,17-19H,13-16H2,(H,43,46,47). The van der Waals surface area contributed by atoms with Gasteiger partial charge < -0.3 is 9.80 Å². The van der Waals surface area contributed by atoms with E-state index in [1.54, 1.807) is 40.5 Å². The van der Waals surface area contributed by atoms with Gasteiger partial charge in [-0.2, -0.15) is 39.4 Å². The van der Waals surface area contributed by atoms with Gasteiger partial charge >= 0.3 is 12.1 Å². The van der Waals surface area contributed by atoms with E-state index in [1.165, 1.54) is 17.4 Å². The molecule has 0 aliphatic carbocycles. The fourth-order valence-corrected chi connectivity index (χ4v) is 8.39. The number of aromatic amines is 1. The van der Waals surface area contributed by atoms with E-state index in [2.05, 4.69) is 20.6 Å². The van der Waals surface area contributed by atoms with Crippen molar-refractivity contribution < 1.29 is 22.4 Å². The van der Waals surface area contributed by atoms with Crippen molar-refractivity contribution in [2.45, 2.75) is 6.18 Å². The number of pyridine rings is 2. The van der Waals surface area contributed by atoms with Crippen molar-refractivity contribution in [2.75, 3.05) is 31.1 Å². The lowest BCUT2D eigenvalue weighted by atomic mass is 10.0. The molecule has 0 unspecified atom stereocenters. The van der Waals surface area contributed by atoms with Crippen LogP contribution in [0.5, 0.6) is 0 Å². The smallest absolute Gasteiger partial charge is 0.368 e. The highest BCUT2D eigenvalue weighted by molar-refractivity contribution is 7.12. The number of hydrogen-bond donors (Lipinski definition) is 1. The lowest BCUT2D eigenvalue weighted by molar-refractivity contribution is -0.185. The Balaban J connectivity index is 1.10. The van der Waals surface area contributed by atoms with Crippen LogP contribution in [0, 0.1) is 5.82 Å². The summed E-state index contributed by atoms with van der Waals surface area (Å²) in [7, 11) is 0. The normalized spacial score (nSPS) is 13.7. The number of nitrogens with one attached hydrogen (secondary N) is 1. The topological polar surface area (TPSA) is 109 Å². The molecular weight excluding hydrogens is 762 g/mol. The van der Waals surface area contributed by atoms with Crippen molar-refractivity contribution in [3.63, 3.8) is 0 Å². The van der Waals surface area contributed by atoms with E-state index in [1.807, 2.05) is 58.1 Å². The predicted octanol–water partition coefficient (Wildman–Crippen LogP) is 8.88. The van der Waals surface area contributed by atoms with Gasteiger partial charge in [0.1, 0.15) is 17.2 Å². The second kappa shape index (κ2) is 13.3. The third-order valence-electron chi connectivity index (χ3n) is 9.33. The maximum Gasteiger partial charge on any atom is 0.471 e. The van der Waals surface area contributed by atoms with Crippen molar-refractivity contribution in [1.82, 2.24) is 39.8 Å². The van der Waals surface area contributed by atoms with E-state index in [9.17, 15) is 22.4 Å². The molecule has 2 aromatic carbocycles. The highest BCUT2D eigenvalue weighted by Gasteiger charge is 2.43. The average Bonchev–Trinajstić information content (AvgIpc) is 4.02. The molecule has 54 heavy (non-hydrogen) atoms. The van der Waals surface area contributed by atoms with Gasteiger partial charge in [-0.3, -0.25) is 9.89 Å². The molecule has 0 atom stereocenters. The van der Waals surface area contributed by atoms with Gasteiger partial charge in [0.2, 0.25) is 5.13 Å². The van der Waals surface area contributed by atoms with Gasteiger partial charge in [0.05, 0.1) is 21.5 Å². The van der Waals surface area contributed by atoms with Gasteiger partial charge in [0, 0.05) is 66.3 Å². The Bertz CT molecular complexity index is 2680. The zero-order chi connectivity index (χ0) is 37.1. The number of fused-ring (bicyclic) bond motifs is 2. The third-order valence-corrected chi connectivity index (χ3v) is 11.2. The van der Waals surface area contributed by atoms with Crippen molar-refractivity contribution in [2.24, 2.45) is 0 Å². The molecule has 7 heterocycles. The fourth-order valence-electron chi connectivity index (χ4n) is 6.74. The molecular formula is C37H24ClF4N9OS2. The number of thiophene rings is 1. The predicted molar refractivity (Wildman–Crippen MR) is 201 cm³/mol. The summed E-state index contributed by atoms with van der Waals surface area (Å²) in [6.07, 6.45) is -1.50. The zero-order valence-electron chi connectivity index (χ0n) is 27.7. The molecule has 1 aliphatic heterocycles. The molecule has 0 bridgehead atoms. The zero-order valence-corrected chi connectivity index (χ0v) is 30.1. The summed E-state index contributed by atoms with van der Waals surface area (Å²) in [5.74, 6) is -2.37. The number of aromatic nitrogens is 7. The number of amides is 1. The number of hydrogen-bond acceptors (Lipinski definition) is 9. The molecule has 270 valence electrons. The molecule has 9 rings (SSSR count). The number of carbonyl (C=O) groups is 1. The number of rotatable bonds is 6. The summed E-state index contributed by atoms with van der Waals surface area (Å²) in [5, 5.41) is 20.4. The second-order valence-electron chi connectivity index (χ2n) is 12.4. The fraction of sp³-hybridized carbons (Fsp3) is 0.135. The van der Waals surface area contributed by atoms with Crippen LogP contribution in [0.2, 0.25) is 5.02 Å². The Morgan fingerprint density at radius 3 is 2.37 bits per heavy atom. The quantitative estimate of drug-likeness (QED) is 0.168. The van der Waals surface area contributed by atoms with Crippen molar-refractivity contribution in [3.8, 4) is 50.0 Å². The first-order valence-corrected chi connectivity index (χ1v) is 18.7. The molecule has 8 aromatic rings. The summed E-state index contributed by atoms with van der Waals surface area (Å²) < 4.78 is 55.1. The first-order chi connectivity index (χ1) is 26.2. The van der Waals surface area contributed by atoms with Crippen LogP contribution in [0.25, 0.3) is 72.1 Å². The molecule has 6 aromatic heterocycles. The highest BCUT2D eigenvalue weighted by atomic mass is 35.5. The SMILES string of the molecule is O=C(N1CCN(c2ccc(-c3nn(-c4nc(-c5ccnc6[nH]nc(-c7cccc(F)c7Cl)c56)cs4)c4nccc(-c5ccsc5)c34)cc2)CC1)C(F)(F)F. The monoisotopic (exact) mass is 785 g/mol. The number of halogens is 5. The second-order valence-corrected chi connectivity index (χ2v) is 14.4. The maximum absolute atomic E-state index is 14.5. The van der Waals surface area contributed by atoms with Crippen LogP contribution < -0.4 is 4.90 Å². The van der Waals surface area contributed by atoms with E-state index >= 15 is 0 Å². The number of H-pyrrole nitrogens is 1. The van der Waals surface area contributed by atoms with E-state index in [0.717, 1.165) is 38.2 Å². The summed E-state index contributed by atoms with van der Waals surface area (Å²) >= 11 is 9.33. The molecule has 0 spiro atoms. The molecule has 17 heteroatoms. The van der Waals surface area contributed by atoms with Crippen molar-refractivity contribution in [1.29, 1.82) is 0 Å². The number of nitrogens with zero attached hydrogens (tertiary/aromatic N) is 8. The molecule has 10 nitrogen and oxygen atoms in total. The minimum atomic E-state index is -4.89. The number of thiazole rings is 1. The minimum absolute atomic E-state index is 0.0217. The number of piperazine rings is 1. The van der Waals surface area contributed by atoms with Gasteiger partial charge in [-0.05, 0) is 58.3 Å². The molecule has 0 saturated carbocycles. The van der Waals surface area contributed by atoms with Crippen LogP contribution in [-0.4, -0.2) is 78.1 Å². The van der Waals surface area contributed by atoms with Crippen molar-refractivity contribution >= 4 is 67.9 Å². The number of benzene rings is 2. The first-order valence-electron chi connectivity index (χ1n) is 16.5. The van der Waals surface area contributed by atoms with E-state index in [0.29, 0.717) is 44.5 Å². The highest BCUT2D eigenvalue weighted by Crippen LogP contribution is 2.41. The maximum atomic E-state index is 14.5. The van der Waals surface area contributed by atoms with Crippen LogP contribution in [-0.2, 0) is 4.79 Å². The van der Waals surface area contributed by atoms with Crippen LogP contribution in [0.4, 0.5) is 23.2 Å². The summed E-state index contributed by atoms with van der Waals surface area (Å²) in [6, 6.07) is 18.1. The summed E-state index contributed by atoms with van der Waals surface area (Å²) in [4.78, 5) is 28.8. The first kappa shape index (κ1) is 34.1. The Morgan fingerprint density at radius 2 is 1.61 bits per heavy atom. The van der Waals surface area contributed by atoms with Crippen LogP contribution in [0.1, 0.15) is 0 Å². The molecule has 1 N–H and O–H groups in total. The molecule has 1 amide bonds. The molecule has 0 radical (unpaired) electrons. The van der Waals surface area contributed by atoms with Crippen LogP contribution in [0.3, 0.4) is 0 Å². The third kappa shape index (κ3) is 5.86. The lowest BCUT2D eigenvalue weighted by Crippen LogP contribution is -2.52. The lowest BCUT2D eigenvalue weighted by Gasteiger charge is -2.36. The summed E-state index contributed by atoms with van der Waals surface area (Å²) in [5.41, 5.74) is 7.56. The van der Waals surface area contributed by atoms with Gasteiger partial charge in [0.25, 0.3) is 0 Å². The molecule has 1 fully saturated rings. The van der Waals surface area contributed by atoms with Gasteiger partial charge in [-0.15, -0.1) is 11.3 Å². The number of carbonyl (C=O) groups excluding carboxylic acids is 1. The van der Waals surface area contributed by atoms with Gasteiger partial charge in [0.15, 0.2) is 11.3 Å². The van der Waals surface area contributed by atoms with E-state index in [4.69, 9.17) is 26.7 Å². The Morgan fingerprint density at radius 1 is 0.833 bits per heavy atom. The van der Waals surface area contributed by atoms with Crippen LogP contribution in [0.15, 0.2) is 89.2 Å². The molecule has 1 aliphatic rings. The largest absolute Gasteiger partial charge is 0.471 e. The van der Waals surface area contributed by atoms with E-state index < -0.39 is 17.9 Å². The molecule has 1 saturated heterocycles. The van der Waals surface area contributed by atoms with Crippen LogP contribution >= 0.6 is 34.3 Å². The average molecular weight is 786 g/mol. The van der Waals surface area contributed by atoms with Crippen molar-refractivity contribution in [3.05, 3.63) is 100 Å². The van der Waals surface area contributed by atoms with Gasteiger partial charge in [-0.1, -0.05) is 35.9 Å². The Labute approximate surface area is 316 Å². The Kier molecular flexibility index (Phi) is 8.39. The Hall–Kier alpha value is -5.71. The summed E-state index contributed by atoms with van der Waals surface area (Å²) in [6.45, 7) is 0.506. The van der Waals surface area contributed by atoms with Gasteiger partial charge in [-0.25, -0.2) is 19.3 Å².